The summed E-state index contributed by atoms with van der Waals surface area (Å²) in [5, 5.41) is 6.23. The van der Waals surface area contributed by atoms with Crippen LogP contribution in [0.25, 0.3) is 0 Å². The molecule has 0 aliphatic heterocycles. The van der Waals surface area contributed by atoms with Gasteiger partial charge in [0.25, 0.3) is 11.7 Å². The highest BCUT2D eigenvalue weighted by Gasteiger charge is 2.25. The van der Waals surface area contributed by atoms with E-state index in [0.29, 0.717) is 6.04 Å². The third kappa shape index (κ3) is 1.83. The van der Waals surface area contributed by atoms with E-state index >= 15 is 0 Å². The zero-order valence-corrected chi connectivity index (χ0v) is 6.99. The molecule has 0 radical (unpaired) electrons. The van der Waals surface area contributed by atoms with E-state index in [1.54, 1.807) is 0 Å². The number of hydrogen-bond acceptors (Lipinski definition) is 5. The molecule has 1 aliphatic carbocycles. The van der Waals surface area contributed by atoms with Crippen molar-refractivity contribution in [1.82, 2.24) is 15.5 Å². The molecule has 1 aliphatic rings. The molecular formula is C7H10N4O2. The Balaban J connectivity index is 2.01. The van der Waals surface area contributed by atoms with Crippen LogP contribution < -0.4 is 11.1 Å². The zero-order valence-electron chi connectivity index (χ0n) is 6.99. The van der Waals surface area contributed by atoms with E-state index in [1.807, 2.05) is 0 Å². The van der Waals surface area contributed by atoms with Crippen LogP contribution in [-0.2, 0) is 6.54 Å². The SMILES string of the molecule is NCc1nc(C(=O)NC2CC2)no1. The molecule has 1 amide bonds. The van der Waals surface area contributed by atoms with Crippen molar-refractivity contribution < 1.29 is 9.32 Å². The second-order valence-electron chi connectivity index (χ2n) is 2.96. The summed E-state index contributed by atoms with van der Waals surface area (Å²) in [6.07, 6.45) is 2.07. The van der Waals surface area contributed by atoms with Gasteiger partial charge in [-0.15, -0.1) is 0 Å². The summed E-state index contributed by atoms with van der Waals surface area (Å²) in [5.74, 6) is 0.0549. The Bertz CT molecular complexity index is 318. The first-order valence-electron chi connectivity index (χ1n) is 4.13. The smallest absolute Gasteiger partial charge is 0.292 e. The lowest BCUT2D eigenvalue weighted by molar-refractivity contribution is 0.0937. The highest BCUT2D eigenvalue weighted by Crippen LogP contribution is 2.18. The summed E-state index contributed by atoms with van der Waals surface area (Å²) in [5.41, 5.74) is 5.25. The van der Waals surface area contributed by atoms with Gasteiger partial charge in [0.05, 0.1) is 6.54 Å². The third-order valence-electron chi connectivity index (χ3n) is 1.76. The highest BCUT2D eigenvalue weighted by molar-refractivity contribution is 5.90. The minimum absolute atomic E-state index is 0.0624. The van der Waals surface area contributed by atoms with Crippen molar-refractivity contribution >= 4 is 5.91 Å². The topological polar surface area (TPSA) is 94.0 Å². The Kier molecular flexibility index (Phi) is 1.97. The molecule has 1 aromatic rings. The average molecular weight is 182 g/mol. The maximum atomic E-state index is 11.3. The zero-order chi connectivity index (χ0) is 9.26. The molecule has 0 bridgehead atoms. The van der Waals surface area contributed by atoms with Gasteiger partial charge < -0.3 is 15.6 Å². The maximum absolute atomic E-state index is 11.3. The van der Waals surface area contributed by atoms with Gasteiger partial charge in [-0.05, 0) is 12.8 Å². The van der Waals surface area contributed by atoms with Crippen LogP contribution in [-0.4, -0.2) is 22.1 Å². The molecule has 1 fully saturated rings. The molecule has 70 valence electrons. The van der Waals surface area contributed by atoms with E-state index < -0.39 is 0 Å². The molecule has 0 spiro atoms. The highest BCUT2D eigenvalue weighted by atomic mass is 16.5. The first-order valence-corrected chi connectivity index (χ1v) is 4.13. The summed E-state index contributed by atoms with van der Waals surface area (Å²) >= 11 is 0. The van der Waals surface area contributed by atoms with Gasteiger partial charge in [0.1, 0.15) is 0 Å². The largest absolute Gasteiger partial charge is 0.346 e. The summed E-state index contributed by atoms with van der Waals surface area (Å²) < 4.78 is 4.69. The fraction of sp³-hybridized carbons (Fsp3) is 0.571. The molecule has 1 heterocycles. The Hall–Kier alpha value is -1.43. The minimum Gasteiger partial charge on any atom is -0.346 e. The van der Waals surface area contributed by atoms with Gasteiger partial charge in [-0.3, -0.25) is 4.79 Å². The molecule has 0 saturated heterocycles. The van der Waals surface area contributed by atoms with Crippen molar-refractivity contribution in [3.63, 3.8) is 0 Å². The third-order valence-corrected chi connectivity index (χ3v) is 1.76. The van der Waals surface area contributed by atoms with Gasteiger partial charge in [0.2, 0.25) is 5.89 Å². The van der Waals surface area contributed by atoms with Crippen molar-refractivity contribution in [3.8, 4) is 0 Å². The number of nitrogens with one attached hydrogen (secondary N) is 1. The average Bonchev–Trinajstić information content (AvgIpc) is 2.82. The van der Waals surface area contributed by atoms with Gasteiger partial charge >= 0.3 is 0 Å². The van der Waals surface area contributed by atoms with Crippen molar-refractivity contribution in [2.24, 2.45) is 5.73 Å². The lowest BCUT2D eigenvalue weighted by Crippen LogP contribution is -2.26. The number of carbonyl (C=O) groups is 1. The summed E-state index contributed by atoms with van der Waals surface area (Å²) in [6.45, 7) is 0.156. The fourth-order valence-corrected chi connectivity index (χ4v) is 0.908. The molecule has 6 nitrogen and oxygen atoms in total. The van der Waals surface area contributed by atoms with Gasteiger partial charge in [0.15, 0.2) is 0 Å². The van der Waals surface area contributed by atoms with E-state index in [0.717, 1.165) is 12.8 Å². The summed E-state index contributed by atoms with van der Waals surface area (Å²) in [4.78, 5) is 15.1. The molecule has 1 saturated carbocycles. The fourth-order valence-electron chi connectivity index (χ4n) is 0.908. The van der Waals surface area contributed by atoms with Crippen LogP contribution in [0.4, 0.5) is 0 Å². The van der Waals surface area contributed by atoms with Crippen molar-refractivity contribution in [2.75, 3.05) is 0 Å². The molecule has 2 rings (SSSR count). The quantitative estimate of drug-likeness (QED) is 0.652. The van der Waals surface area contributed by atoms with Crippen LogP contribution in [0.15, 0.2) is 4.52 Å². The predicted molar refractivity (Wildman–Crippen MR) is 42.7 cm³/mol. The predicted octanol–water partition coefficient (Wildman–Crippen LogP) is -0.580. The lowest BCUT2D eigenvalue weighted by Gasteiger charge is -1.95. The Labute approximate surface area is 74.5 Å². The number of nitrogens with zero attached hydrogens (tertiary/aromatic N) is 2. The van der Waals surface area contributed by atoms with E-state index in [1.165, 1.54) is 0 Å². The van der Waals surface area contributed by atoms with E-state index in [2.05, 4.69) is 20.0 Å². The normalized spacial score (nSPS) is 15.8. The Morgan fingerprint density at radius 1 is 1.69 bits per heavy atom. The number of aromatic nitrogens is 2. The second kappa shape index (κ2) is 3.14. The van der Waals surface area contributed by atoms with Gasteiger partial charge in [-0.25, -0.2) is 0 Å². The number of hydrogen-bond donors (Lipinski definition) is 2. The van der Waals surface area contributed by atoms with Crippen LogP contribution in [0, 0.1) is 0 Å². The Morgan fingerprint density at radius 3 is 3.00 bits per heavy atom. The van der Waals surface area contributed by atoms with E-state index in [-0.39, 0.29) is 24.2 Å². The summed E-state index contributed by atoms with van der Waals surface area (Å²) in [6, 6.07) is 0.298. The van der Waals surface area contributed by atoms with Gasteiger partial charge in [-0.2, -0.15) is 4.98 Å². The molecule has 0 unspecified atom stereocenters. The van der Waals surface area contributed by atoms with E-state index in [4.69, 9.17) is 5.73 Å². The number of rotatable bonds is 3. The van der Waals surface area contributed by atoms with Crippen molar-refractivity contribution in [2.45, 2.75) is 25.4 Å². The standard InChI is InChI=1S/C7H10N4O2/c8-3-5-10-6(11-13-5)7(12)9-4-1-2-4/h4H,1-3,8H2,(H,9,12). The van der Waals surface area contributed by atoms with Crippen LogP contribution in [0.2, 0.25) is 0 Å². The molecule has 3 N–H and O–H groups in total. The first-order chi connectivity index (χ1) is 6.29. The number of amides is 1. The number of nitrogens with two attached hydrogens (primary N) is 1. The molecule has 0 aromatic carbocycles. The number of carbonyl (C=O) groups excluding carboxylic acids is 1. The molecule has 0 atom stereocenters. The molecule has 6 heteroatoms. The second-order valence-corrected chi connectivity index (χ2v) is 2.96. The maximum Gasteiger partial charge on any atom is 0.292 e. The van der Waals surface area contributed by atoms with E-state index in [9.17, 15) is 4.79 Å². The molecular weight excluding hydrogens is 172 g/mol. The molecule has 1 aromatic heterocycles. The van der Waals surface area contributed by atoms with Crippen molar-refractivity contribution in [3.05, 3.63) is 11.7 Å². The first kappa shape index (κ1) is 8.18. The lowest BCUT2D eigenvalue weighted by atomic mass is 10.5. The molecule has 13 heavy (non-hydrogen) atoms. The van der Waals surface area contributed by atoms with Crippen LogP contribution in [0.5, 0.6) is 0 Å². The summed E-state index contributed by atoms with van der Waals surface area (Å²) in [7, 11) is 0. The van der Waals surface area contributed by atoms with Crippen molar-refractivity contribution in [1.29, 1.82) is 0 Å². The van der Waals surface area contributed by atoms with Crippen LogP contribution in [0.1, 0.15) is 29.4 Å². The minimum atomic E-state index is -0.286. The Morgan fingerprint density at radius 2 is 2.46 bits per heavy atom. The van der Waals surface area contributed by atoms with Crippen LogP contribution >= 0.6 is 0 Å². The van der Waals surface area contributed by atoms with Gasteiger partial charge in [0, 0.05) is 6.04 Å². The monoisotopic (exact) mass is 182 g/mol. The van der Waals surface area contributed by atoms with Gasteiger partial charge in [-0.1, -0.05) is 5.16 Å². The van der Waals surface area contributed by atoms with Crippen LogP contribution in [0.3, 0.4) is 0 Å².